The van der Waals surface area contributed by atoms with Gasteiger partial charge < -0.3 is 31.4 Å². The molecule has 1 saturated heterocycles. The molecule has 1 aliphatic rings. The van der Waals surface area contributed by atoms with Crippen molar-refractivity contribution in [2.24, 2.45) is 11.7 Å². The highest BCUT2D eigenvalue weighted by Gasteiger charge is 2.39. The topological polar surface area (TPSA) is 158 Å². The van der Waals surface area contributed by atoms with Gasteiger partial charge in [-0.1, -0.05) is 38.5 Å². The second-order valence-electron chi connectivity index (χ2n) is 9.30. The minimum atomic E-state index is -1.05. The fraction of sp³-hybridized carbons (Fsp3) is 0.520. The van der Waals surface area contributed by atoms with Crippen molar-refractivity contribution in [3.8, 4) is 0 Å². The first-order valence-corrected chi connectivity index (χ1v) is 12.1. The fourth-order valence-electron chi connectivity index (χ4n) is 4.44. The molecule has 0 spiro atoms. The van der Waals surface area contributed by atoms with Gasteiger partial charge in [-0.05, 0) is 43.7 Å². The Morgan fingerprint density at radius 1 is 1.17 bits per heavy atom. The number of carboxylic acid groups (broad SMARTS) is 1. The molecular weight excluding hydrogens is 450 g/mol. The summed E-state index contributed by atoms with van der Waals surface area (Å²) in [5.41, 5.74) is 7.97. The van der Waals surface area contributed by atoms with E-state index in [-0.39, 0.29) is 5.92 Å². The molecule has 10 nitrogen and oxygen atoms in total. The maximum absolute atomic E-state index is 13.2. The van der Waals surface area contributed by atoms with Crippen molar-refractivity contribution >= 4 is 34.6 Å². The Hall–Kier alpha value is -3.40. The van der Waals surface area contributed by atoms with Crippen LogP contribution in [0.5, 0.6) is 0 Å². The van der Waals surface area contributed by atoms with Gasteiger partial charge in [0.25, 0.3) is 0 Å². The molecule has 0 radical (unpaired) electrons. The van der Waals surface area contributed by atoms with E-state index in [4.69, 9.17) is 5.73 Å². The van der Waals surface area contributed by atoms with Gasteiger partial charge in [0.1, 0.15) is 18.1 Å². The molecule has 1 aromatic heterocycles. The molecule has 1 aliphatic heterocycles. The van der Waals surface area contributed by atoms with E-state index in [0.717, 1.165) is 16.5 Å². The number of aromatic amines is 1. The number of fused-ring (bicyclic) bond motifs is 1. The van der Waals surface area contributed by atoms with Crippen molar-refractivity contribution in [2.75, 3.05) is 6.54 Å². The van der Waals surface area contributed by atoms with E-state index in [1.165, 1.54) is 11.8 Å². The summed E-state index contributed by atoms with van der Waals surface area (Å²) in [4.78, 5) is 54.8. The number of carboxylic acids is 1. The molecule has 2 heterocycles. The van der Waals surface area contributed by atoms with Crippen molar-refractivity contribution in [1.29, 1.82) is 0 Å². The molecule has 1 fully saturated rings. The number of likely N-dealkylation sites (tertiary alicyclic amines) is 1. The minimum absolute atomic E-state index is 0.214. The average Bonchev–Trinajstić information content (AvgIpc) is 3.49. The SMILES string of the molecule is CCC(C)C(NC(=O)C(C)NC(=O)C(N)Cc1c[nH]c2ccccc12)C(=O)N1CCCC1C(=O)O. The molecule has 0 aliphatic carbocycles. The van der Waals surface area contributed by atoms with Gasteiger partial charge in [-0.2, -0.15) is 0 Å². The highest BCUT2D eigenvalue weighted by molar-refractivity contribution is 5.94. The van der Waals surface area contributed by atoms with Crippen molar-refractivity contribution in [2.45, 2.75) is 70.6 Å². The number of benzene rings is 1. The number of rotatable bonds is 10. The monoisotopic (exact) mass is 485 g/mol. The van der Waals surface area contributed by atoms with Crippen molar-refractivity contribution < 1.29 is 24.3 Å². The van der Waals surface area contributed by atoms with Gasteiger partial charge in [-0.3, -0.25) is 14.4 Å². The summed E-state index contributed by atoms with van der Waals surface area (Å²) in [5.74, 6) is -2.67. The lowest BCUT2D eigenvalue weighted by atomic mass is 9.97. The Bertz CT molecular complexity index is 1080. The Balaban J connectivity index is 1.61. The van der Waals surface area contributed by atoms with Crippen LogP contribution >= 0.6 is 0 Å². The Labute approximate surface area is 204 Å². The van der Waals surface area contributed by atoms with E-state index < -0.39 is 47.9 Å². The number of aromatic nitrogens is 1. The zero-order chi connectivity index (χ0) is 25.7. The number of amides is 3. The normalized spacial score (nSPS) is 19.1. The number of carbonyl (C=O) groups excluding carboxylic acids is 3. The van der Waals surface area contributed by atoms with Crippen LogP contribution in [0.3, 0.4) is 0 Å². The van der Waals surface area contributed by atoms with Crippen molar-refractivity contribution in [1.82, 2.24) is 20.5 Å². The average molecular weight is 486 g/mol. The summed E-state index contributed by atoms with van der Waals surface area (Å²) >= 11 is 0. The van der Waals surface area contributed by atoms with E-state index in [0.29, 0.717) is 32.2 Å². The Morgan fingerprint density at radius 3 is 2.57 bits per heavy atom. The third kappa shape index (κ3) is 6.00. The minimum Gasteiger partial charge on any atom is -0.480 e. The number of nitrogens with zero attached hydrogens (tertiary/aromatic N) is 1. The van der Waals surface area contributed by atoms with Crippen LogP contribution in [-0.2, 0) is 25.6 Å². The van der Waals surface area contributed by atoms with Crippen LogP contribution < -0.4 is 16.4 Å². The first-order chi connectivity index (χ1) is 16.6. The van der Waals surface area contributed by atoms with E-state index in [9.17, 15) is 24.3 Å². The lowest BCUT2D eigenvalue weighted by Gasteiger charge is -2.31. The number of hydrogen-bond acceptors (Lipinski definition) is 5. The van der Waals surface area contributed by atoms with Gasteiger partial charge in [0, 0.05) is 23.6 Å². The smallest absolute Gasteiger partial charge is 0.326 e. The van der Waals surface area contributed by atoms with Gasteiger partial charge in [-0.15, -0.1) is 0 Å². The molecule has 2 aromatic rings. The number of H-pyrrole nitrogens is 1. The molecule has 0 saturated carbocycles. The molecule has 10 heteroatoms. The second kappa shape index (κ2) is 11.4. The molecule has 35 heavy (non-hydrogen) atoms. The summed E-state index contributed by atoms with van der Waals surface area (Å²) in [6.07, 6.45) is 3.72. The number of hydrogen-bond donors (Lipinski definition) is 5. The van der Waals surface area contributed by atoms with E-state index in [1.54, 1.807) is 0 Å². The van der Waals surface area contributed by atoms with E-state index in [2.05, 4.69) is 15.6 Å². The third-order valence-corrected chi connectivity index (χ3v) is 6.80. The molecule has 1 aromatic carbocycles. The summed E-state index contributed by atoms with van der Waals surface area (Å²) in [6.45, 7) is 5.59. The lowest BCUT2D eigenvalue weighted by molar-refractivity contribution is -0.150. The predicted molar refractivity (Wildman–Crippen MR) is 131 cm³/mol. The highest BCUT2D eigenvalue weighted by Crippen LogP contribution is 2.22. The largest absolute Gasteiger partial charge is 0.480 e. The predicted octanol–water partition coefficient (Wildman–Crippen LogP) is 1.15. The van der Waals surface area contributed by atoms with Gasteiger partial charge in [0.05, 0.1) is 6.04 Å². The number of para-hydroxylation sites is 1. The van der Waals surface area contributed by atoms with Gasteiger partial charge in [0.2, 0.25) is 17.7 Å². The van der Waals surface area contributed by atoms with Crippen LogP contribution in [-0.4, -0.2) is 69.4 Å². The second-order valence-corrected chi connectivity index (χ2v) is 9.30. The Morgan fingerprint density at radius 2 is 1.89 bits per heavy atom. The molecule has 190 valence electrons. The fourth-order valence-corrected chi connectivity index (χ4v) is 4.44. The standard InChI is InChI=1S/C25H35N5O5/c1-4-14(2)21(24(33)30-11-7-10-20(30)25(34)35)29-22(31)15(3)28-23(32)18(26)12-16-13-27-19-9-6-5-8-17(16)19/h5-6,8-9,13-15,18,20-21,27H,4,7,10-12,26H2,1-3H3,(H,28,32)(H,29,31)(H,34,35). The van der Waals surface area contributed by atoms with Crippen molar-refractivity contribution in [3.63, 3.8) is 0 Å². The number of nitrogens with two attached hydrogens (primary N) is 1. The summed E-state index contributed by atoms with van der Waals surface area (Å²) < 4.78 is 0. The first-order valence-electron chi connectivity index (χ1n) is 12.1. The van der Waals surface area contributed by atoms with Gasteiger partial charge >= 0.3 is 5.97 Å². The molecule has 5 unspecified atom stereocenters. The van der Waals surface area contributed by atoms with Crippen LogP contribution in [0.1, 0.15) is 45.6 Å². The summed E-state index contributed by atoms with van der Waals surface area (Å²) in [7, 11) is 0. The maximum Gasteiger partial charge on any atom is 0.326 e. The van der Waals surface area contributed by atoms with Gasteiger partial charge in [0.15, 0.2) is 0 Å². The number of carbonyl (C=O) groups is 4. The molecule has 0 bridgehead atoms. The molecule has 3 rings (SSSR count). The van der Waals surface area contributed by atoms with Crippen molar-refractivity contribution in [3.05, 3.63) is 36.0 Å². The molecular formula is C25H35N5O5. The molecule has 6 N–H and O–H groups in total. The quantitative estimate of drug-likeness (QED) is 0.340. The Kier molecular flexibility index (Phi) is 8.50. The zero-order valence-corrected chi connectivity index (χ0v) is 20.4. The lowest BCUT2D eigenvalue weighted by Crippen LogP contribution is -2.58. The van der Waals surface area contributed by atoms with Crippen LogP contribution in [0, 0.1) is 5.92 Å². The van der Waals surface area contributed by atoms with E-state index >= 15 is 0 Å². The molecule has 3 amide bonds. The maximum atomic E-state index is 13.2. The first kappa shape index (κ1) is 26.2. The number of aliphatic carboxylic acids is 1. The van der Waals surface area contributed by atoms with Crippen LogP contribution in [0.15, 0.2) is 30.5 Å². The number of nitrogens with one attached hydrogen (secondary N) is 3. The van der Waals surface area contributed by atoms with Gasteiger partial charge in [-0.25, -0.2) is 4.79 Å². The van der Waals surface area contributed by atoms with Crippen LogP contribution in [0.2, 0.25) is 0 Å². The summed E-state index contributed by atoms with van der Waals surface area (Å²) in [5, 5.41) is 15.8. The summed E-state index contributed by atoms with van der Waals surface area (Å²) in [6, 6.07) is 4.15. The molecule has 5 atom stereocenters. The van der Waals surface area contributed by atoms with E-state index in [1.807, 2.05) is 44.3 Å². The highest BCUT2D eigenvalue weighted by atomic mass is 16.4. The third-order valence-electron chi connectivity index (χ3n) is 6.80. The zero-order valence-electron chi connectivity index (χ0n) is 20.4. The van der Waals surface area contributed by atoms with Crippen LogP contribution in [0.4, 0.5) is 0 Å². The van der Waals surface area contributed by atoms with Crippen LogP contribution in [0.25, 0.3) is 10.9 Å².